The third-order valence-corrected chi connectivity index (χ3v) is 11.2. The van der Waals surface area contributed by atoms with Crippen molar-refractivity contribution in [2.24, 2.45) is 23.7 Å². The third kappa shape index (κ3) is 4.54. The van der Waals surface area contributed by atoms with Crippen LogP contribution >= 0.6 is 23.4 Å². The van der Waals surface area contributed by atoms with E-state index in [9.17, 15) is 19.5 Å². The zero-order valence-corrected chi connectivity index (χ0v) is 24.3. The Kier molecular flexibility index (Phi) is 7.74. The number of likely N-dealkylation sites (tertiary alicyclic amines) is 1. The Hall–Kier alpha value is -2.55. The van der Waals surface area contributed by atoms with E-state index in [0.717, 1.165) is 17.5 Å². The zero-order chi connectivity index (χ0) is 28.1. The summed E-state index contributed by atoms with van der Waals surface area (Å²) in [5, 5.41) is 16.9. The van der Waals surface area contributed by atoms with Crippen LogP contribution in [0, 0.1) is 30.6 Å². The van der Waals surface area contributed by atoms with Gasteiger partial charge in [0.15, 0.2) is 0 Å². The van der Waals surface area contributed by atoms with Crippen LogP contribution < -0.4 is 10.6 Å². The molecule has 3 saturated heterocycles. The Balaban J connectivity index is 1.52. The largest absolute Gasteiger partial charge is 0.394 e. The molecule has 3 aliphatic heterocycles. The fourth-order valence-corrected chi connectivity index (χ4v) is 9.60. The van der Waals surface area contributed by atoms with E-state index in [-0.39, 0.29) is 41.4 Å². The number of fused-ring (bicyclic) bond motifs is 1. The summed E-state index contributed by atoms with van der Waals surface area (Å²) in [5.74, 6) is -1.96. The number of amides is 3. The normalized spacial score (nSPS) is 30.0. The van der Waals surface area contributed by atoms with Crippen LogP contribution in [0.15, 0.2) is 48.5 Å². The average molecular weight is 570 g/mol. The van der Waals surface area contributed by atoms with Crippen molar-refractivity contribution in [3.63, 3.8) is 0 Å². The molecule has 0 aliphatic carbocycles. The van der Waals surface area contributed by atoms with Gasteiger partial charge in [0, 0.05) is 11.8 Å². The van der Waals surface area contributed by atoms with Gasteiger partial charge in [0.2, 0.25) is 17.7 Å². The number of aryl methyl sites for hydroxylation is 1. The molecule has 5 rings (SSSR count). The first-order valence-corrected chi connectivity index (χ1v) is 14.9. The minimum absolute atomic E-state index is 0.0271. The van der Waals surface area contributed by atoms with Gasteiger partial charge in [-0.2, -0.15) is 0 Å². The Morgan fingerprint density at radius 2 is 1.87 bits per heavy atom. The molecular formula is C30H36ClN3O4S. The number of aliphatic hydroxyl groups excluding tert-OH is 1. The van der Waals surface area contributed by atoms with Crippen molar-refractivity contribution in [1.82, 2.24) is 10.2 Å². The molecule has 3 fully saturated rings. The molecule has 1 spiro atoms. The van der Waals surface area contributed by atoms with E-state index in [1.165, 1.54) is 0 Å². The first-order valence-electron chi connectivity index (χ1n) is 13.6. The predicted molar refractivity (Wildman–Crippen MR) is 154 cm³/mol. The van der Waals surface area contributed by atoms with E-state index in [4.69, 9.17) is 11.6 Å². The molecule has 3 heterocycles. The van der Waals surface area contributed by atoms with Crippen LogP contribution in [-0.2, 0) is 20.9 Å². The minimum atomic E-state index is -0.845. The van der Waals surface area contributed by atoms with E-state index in [1.807, 2.05) is 63.2 Å². The lowest BCUT2D eigenvalue weighted by atomic mass is 9.66. The van der Waals surface area contributed by atoms with Gasteiger partial charge in [0.25, 0.3) is 0 Å². The lowest BCUT2D eigenvalue weighted by Gasteiger charge is -2.41. The number of hydrogen-bond donors (Lipinski definition) is 3. The lowest BCUT2D eigenvalue weighted by molar-refractivity contribution is -0.143. The van der Waals surface area contributed by atoms with Crippen LogP contribution in [0.2, 0.25) is 5.02 Å². The van der Waals surface area contributed by atoms with Crippen LogP contribution in [0.1, 0.15) is 38.3 Å². The number of rotatable bonds is 8. The molecular weight excluding hydrogens is 534 g/mol. The summed E-state index contributed by atoms with van der Waals surface area (Å²) in [6.45, 7) is 7.93. The van der Waals surface area contributed by atoms with Crippen molar-refractivity contribution < 1.29 is 19.5 Å². The number of hydrogen-bond acceptors (Lipinski definition) is 5. The monoisotopic (exact) mass is 569 g/mol. The zero-order valence-electron chi connectivity index (χ0n) is 22.7. The SMILES string of the molecule is Cc1cccc(Cl)c1NC(=O)C1N([C@@H](CO)C(C)C)C(=O)[C@@H]2[C@H](C(=O)NCc3ccccc3)[C@@H]3CC(C)C12S3. The first kappa shape index (κ1) is 28.0. The number of nitrogens with zero attached hydrogens (tertiary/aromatic N) is 1. The van der Waals surface area contributed by atoms with Gasteiger partial charge in [0.1, 0.15) is 6.04 Å². The average Bonchev–Trinajstić information content (AvgIpc) is 3.50. The molecule has 3 N–H and O–H groups in total. The predicted octanol–water partition coefficient (Wildman–Crippen LogP) is 4.26. The molecule has 3 unspecified atom stereocenters. The van der Waals surface area contributed by atoms with Crippen LogP contribution in [0.25, 0.3) is 0 Å². The van der Waals surface area contributed by atoms with Gasteiger partial charge in [-0.25, -0.2) is 0 Å². The Bertz CT molecular complexity index is 1250. The molecule has 2 aromatic rings. The Morgan fingerprint density at radius 3 is 2.51 bits per heavy atom. The van der Waals surface area contributed by atoms with Crippen LogP contribution in [0.4, 0.5) is 5.69 Å². The molecule has 9 heteroatoms. The third-order valence-electron chi connectivity index (χ3n) is 8.83. The summed E-state index contributed by atoms with van der Waals surface area (Å²) in [6, 6.07) is 13.7. The van der Waals surface area contributed by atoms with Crippen molar-refractivity contribution in [1.29, 1.82) is 0 Å². The number of nitrogens with one attached hydrogen (secondary N) is 2. The highest BCUT2D eigenvalue weighted by Crippen LogP contribution is 2.69. The van der Waals surface area contributed by atoms with Crippen LogP contribution in [0.3, 0.4) is 0 Å². The number of para-hydroxylation sites is 1. The summed E-state index contributed by atoms with van der Waals surface area (Å²) < 4.78 is -0.780. The Morgan fingerprint density at radius 1 is 1.15 bits per heavy atom. The maximum Gasteiger partial charge on any atom is 0.248 e. The molecule has 3 aliphatic rings. The standard InChI is InChI=1S/C30H36ClN3O4S/c1-16(2)21(15-35)34-26(28(37)33-25-17(3)9-8-12-20(25)31)30-18(4)13-22(39-30)23(24(30)29(34)38)27(36)32-14-19-10-6-5-7-11-19/h5-12,16,18,21-24,26,35H,13-15H2,1-4H3,(H,32,36)(H,33,37)/t18?,21-,22-,23+,24-,26?,30?/m0/s1. The number of aliphatic hydroxyl groups is 1. The maximum atomic E-state index is 14.3. The summed E-state index contributed by atoms with van der Waals surface area (Å²) in [4.78, 5) is 43.8. The second kappa shape index (κ2) is 10.8. The summed E-state index contributed by atoms with van der Waals surface area (Å²) in [5.41, 5.74) is 2.32. The fourth-order valence-electron chi connectivity index (χ4n) is 6.92. The van der Waals surface area contributed by atoms with E-state index in [0.29, 0.717) is 17.3 Å². The smallest absolute Gasteiger partial charge is 0.248 e. The van der Waals surface area contributed by atoms with Gasteiger partial charge in [0.05, 0.1) is 39.9 Å². The highest BCUT2D eigenvalue weighted by molar-refractivity contribution is 8.02. The molecule has 39 heavy (non-hydrogen) atoms. The molecule has 3 amide bonds. The van der Waals surface area contributed by atoms with E-state index in [2.05, 4.69) is 17.6 Å². The second-order valence-electron chi connectivity index (χ2n) is 11.4. The Labute approximate surface area is 239 Å². The second-order valence-corrected chi connectivity index (χ2v) is 13.4. The van der Waals surface area contributed by atoms with E-state index in [1.54, 1.807) is 22.7 Å². The van der Waals surface area contributed by atoms with E-state index >= 15 is 0 Å². The van der Waals surface area contributed by atoms with E-state index < -0.39 is 28.7 Å². The molecule has 208 valence electrons. The number of carbonyl (C=O) groups excluding carboxylic acids is 3. The molecule has 2 aromatic carbocycles. The first-order chi connectivity index (χ1) is 18.6. The number of carbonyl (C=O) groups is 3. The van der Waals surface area contributed by atoms with Crippen LogP contribution in [0.5, 0.6) is 0 Å². The highest BCUT2D eigenvalue weighted by atomic mass is 35.5. The summed E-state index contributed by atoms with van der Waals surface area (Å²) in [6.07, 6.45) is 0.742. The number of halogens is 1. The van der Waals surface area contributed by atoms with Gasteiger partial charge < -0.3 is 20.6 Å². The quantitative estimate of drug-likeness (QED) is 0.441. The summed E-state index contributed by atoms with van der Waals surface area (Å²) in [7, 11) is 0. The summed E-state index contributed by atoms with van der Waals surface area (Å²) >= 11 is 8.08. The van der Waals surface area contributed by atoms with Crippen LogP contribution in [-0.4, -0.2) is 56.4 Å². The molecule has 0 saturated carbocycles. The van der Waals surface area contributed by atoms with Gasteiger partial charge in [-0.05, 0) is 42.4 Å². The lowest BCUT2D eigenvalue weighted by Crippen LogP contribution is -2.58. The minimum Gasteiger partial charge on any atom is -0.394 e. The number of anilines is 1. The van der Waals surface area contributed by atoms with Gasteiger partial charge in [-0.3, -0.25) is 14.4 Å². The fraction of sp³-hybridized carbons (Fsp3) is 0.500. The van der Waals surface area contributed by atoms with Gasteiger partial charge in [-0.15, -0.1) is 11.8 Å². The van der Waals surface area contributed by atoms with Crippen molar-refractivity contribution in [2.45, 2.75) is 62.7 Å². The number of benzene rings is 2. The van der Waals surface area contributed by atoms with Crippen molar-refractivity contribution >= 4 is 46.8 Å². The molecule has 7 nitrogen and oxygen atoms in total. The van der Waals surface area contributed by atoms with Crippen molar-refractivity contribution in [3.05, 3.63) is 64.7 Å². The maximum absolute atomic E-state index is 14.3. The topological polar surface area (TPSA) is 98.7 Å². The molecule has 2 bridgehead atoms. The van der Waals surface area contributed by atoms with Crippen molar-refractivity contribution in [3.8, 4) is 0 Å². The van der Waals surface area contributed by atoms with Gasteiger partial charge >= 0.3 is 0 Å². The van der Waals surface area contributed by atoms with Gasteiger partial charge in [-0.1, -0.05) is 74.8 Å². The van der Waals surface area contributed by atoms with Crippen molar-refractivity contribution in [2.75, 3.05) is 11.9 Å². The molecule has 0 radical (unpaired) electrons. The molecule has 0 aromatic heterocycles. The highest BCUT2D eigenvalue weighted by Gasteiger charge is 2.76. The molecule has 7 atom stereocenters. The number of thioether (sulfide) groups is 1.